The Hall–Kier alpha value is -0.900. The molecule has 4 heteroatoms. The number of nitrogens with zero attached hydrogens (tertiary/aromatic N) is 1. The number of amides is 2. The summed E-state index contributed by atoms with van der Waals surface area (Å²) < 4.78 is 0. The molecule has 2 heterocycles. The van der Waals surface area contributed by atoms with Crippen molar-refractivity contribution in [3.8, 4) is 0 Å². The topological polar surface area (TPSA) is 49.4 Å². The summed E-state index contributed by atoms with van der Waals surface area (Å²) in [6.45, 7) is 1.60. The van der Waals surface area contributed by atoms with Crippen LogP contribution in [0.3, 0.4) is 0 Å². The monoisotopic (exact) mass is 208 g/mol. The van der Waals surface area contributed by atoms with Crippen molar-refractivity contribution in [3.05, 3.63) is 0 Å². The van der Waals surface area contributed by atoms with Crippen LogP contribution in [-0.2, 0) is 9.59 Å². The Morgan fingerprint density at radius 1 is 1.00 bits per heavy atom. The van der Waals surface area contributed by atoms with Crippen LogP contribution in [0.2, 0.25) is 0 Å². The molecule has 0 bridgehead atoms. The standard InChI is InChI=1S/C11H16N2O2/c14-10-8-5-13(7-3-1-2-4-7)6-9(8)11(15)12-10/h7-9H,1-6H2,(H,12,14,15)/t8-,9+. The molecule has 0 aromatic heterocycles. The number of fused-ring (bicyclic) bond motifs is 1. The minimum absolute atomic E-state index is 0.0505. The summed E-state index contributed by atoms with van der Waals surface area (Å²) in [7, 11) is 0. The number of nitrogens with one attached hydrogen (secondary N) is 1. The molecule has 0 radical (unpaired) electrons. The van der Waals surface area contributed by atoms with Crippen molar-refractivity contribution in [1.82, 2.24) is 10.2 Å². The Morgan fingerprint density at radius 3 is 2.07 bits per heavy atom. The summed E-state index contributed by atoms with van der Waals surface area (Å²) in [6.07, 6.45) is 5.10. The van der Waals surface area contributed by atoms with Crippen molar-refractivity contribution in [3.63, 3.8) is 0 Å². The van der Waals surface area contributed by atoms with Gasteiger partial charge in [-0.25, -0.2) is 0 Å². The Morgan fingerprint density at radius 2 is 1.53 bits per heavy atom. The molecule has 2 saturated heterocycles. The third-order valence-electron chi connectivity index (χ3n) is 4.11. The van der Waals surface area contributed by atoms with Gasteiger partial charge < -0.3 is 0 Å². The number of carbonyl (C=O) groups excluding carboxylic acids is 2. The van der Waals surface area contributed by atoms with Gasteiger partial charge in [0.1, 0.15) is 0 Å². The maximum absolute atomic E-state index is 11.5. The first kappa shape index (κ1) is 9.33. The Bertz CT molecular complexity index is 288. The molecule has 0 unspecified atom stereocenters. The number of hydrogen-bond acceptors (Lipinski definition) is 3. The zero-order valence-corrected chi connectivity index (χ0v) is 8.74. The second kappa shape index (κ2) is 3.30. The first-order valence-corrected chi connectivity index (χ1v) is 5.84. The van der Waals surface area contributed by atoms with Crippen LogP contribution < -0.4 is 5.32 Å². The molecule has 2 atom stereocenters. The number of rotatable bonds is 1. The van der Waals surface area contributed by atoms with Gasteiger partial charge in [-0.05, 0) is 12.8 Å². The van der Waals surface area contributed by atoms with E-state index in [-0.39, 0.29) is 23.7 Å². The number of likely N-dealkylation sites (tertiary alicyclic amines) is 1. The normalized spacial score (nSPS) is 37.3. The average Bonchev–Trinajstić information content (AvgIpc) is 2.88. The molecule has 0 aromatic carbocycles. The quantitative estimate of drug-likeness (QED) is 0.623. The first-order chi connectivity index (χ1) is 7.25. The molecule has 3 rings (SSSR count). The van der Waals surface area contributed by atoms with E-state index >= 15 is 0 Å². The highest BCUT2D eigenvalue weighted by Gasteiger charge is 2.49. The van der Waals surface area contributed by atoms with E-state index in [0.29, 0.717) is 6.04 Å². The van der Waals surface area contributed by atoms with E-state index in [2.05, 4.69) is 10.2 Å². The third-order valence-corrected chi connectivity index (χ3v) is 4.11. The van der Waals surface area contributed by atoms with Gasteiger partial charge in [0.15, 0.2) is 0 Å². The number of hydrogen-bond donors (Lipinski definition) is 1. The molecule has 2 amide bonds. The largest absolute Gasteiger partial charge is 0.299 e. The fourth-order valence-electron chi connectivity index (χ4n) is 3.24. The SMILES string of the molecule is O=C1NC(=O)[C@@H]2CN(C3CCCC3)C[C@H]12. The van der Waals surface area contributed by atoms with Crippen molar-refractivity contribution < 1.29 is 9.59 Å². The van der Waals surface area contributed by atoms with Crippen LogP contribution in [-0.4, -0.2) is 35.8 Å². The molecule has 3 aliphatic rings. The third kappa shape index (κ3) is 1.39. The van der Waals surface area contributed by atoms with Crippen molar-refractivity contribution in [2.45, 2.75) is 31.7 Å². The molecule has 1 N–H and O–H groups in total. The zero-order valence-electron chi connectivity index (χ0n) is 8.74. The van der Waals surface area contributed by atoms with Gasteiger partial charge in [-0.1, -0.05) is 12.8 Å². The molecule has 4 nitrogen and oxygen atoms in total. The van der Waals surface area contributed by atoms with E-state index in [4.69, 9.17) is 0 Å². The molecular weight excluding hydrogens is 192 g/mol. The molecule has 82 valence electrons. The number of imide groups is 1. The minimum atomic E-state index is -0.0573. The Labute approximate surface area is 89.0 Å². The zero-order chi connectivity index (χ0) is 10.4. The van der Waals surface area contributed by atoms with Crippen LogP contribution in [0.25, 0.3) is 0 Å². The Kier molecular flexibility index (Phi) is 2.06. The fourth-order valence-corrected chi connectivity index (χ4v) is 3.24. The summed E-state index contributed by atoms with van der Waals surface area (Å²) in [4.78, 5) is 25.3. The molecule has 3 fully saturated rings. The van der Waals surface area contributed by atoms with Gasteiger partial charge in [0.2, 0.25) is 11.8 Å². The molecule has 0 aromatic rings. The Balaban J connectivity index is 1.72. The van der Waals surface area contributed by atoms with Gasteiger partial charge >= 0.3 is 0 Å². The second-order valence-corrected chi connectivity index (χ2v) is 4.96. The van der Waals surface area contributed by atoms with Gasteiger partial charge in [0.05, 0.1) is 11.8 Å². The summed E-state index contributed by atoms with van der Waals surface area (Å²) in [5.74, 6) is -0.216. The summed E-state index contributed by atoms with van der Waals surface area (Å²) >= 11 is 0. The fraction of sp³-hybridized carbons (Fsp3) is 0.818. The lowest BCUT2D eigenvalue weighted by Gasteiger charge is -2.23. The van der Waals surface area contributed by atoms with E-state index in [9.17, 15) is 9.59 Å². The van der Waals surface area contributed by atoms with Crippen LogP contribution in [0.4, 0.5) is 0 Å². The van der Waals surface area contributed by atoms with Crippen LogP contribution in [0.5, 0.6) is 0 Å². The van der Waals surface area contributed by atoms with Crippen molar-refractivity contribution in [2.75, 3.05) is 13.1 Å². The first-order valence-electron chi connectivity index (χ1n) is 5.84. The van der Waals surface area contributed by atoms with Gasteiger partial charge in [-0.2, -0.15) is 0 Å². The lowest BCUT2D eigenvalue weighted by molar-refractivity contribution is -0.126. The van der Waals surface area contributed by atoms with E-state index in [0.717, 1.165) is 13.1 Å². The second-order valence-electron chi connectivity index (χ2n) is 4.96. The van der Waals surface area contributed by atoms with Gasteiger partial charge in [-0.3, -0.25) is 19.8 Å². The van der Waals surface area contributed by atoms with Crippen LogP contribution >= 0.6 is 0 Å². The predicted octanol–water partition coefficient (Wildman–Crippen LogP) is 0.133. The highest BCUT2D eigenvalue weighted by molar-refractivity contribution is 6.05. The van der Waals surface area contributed by atoms with E-state index in [1.807, 2.05) is 0 Å². The van der Waals surface area contributed by atoms with Gasteiger partial charge in [0, 0.05) is 19.1 Å². The van der Waals surface area contributed by atoms with E-state index in [1.165, 1.54) is 25.7 Å². The van der Waals surface area contributed by atoms with Crippen LogP contribution in [0.1, 0.15) is 25.7 Å². The lowest BCUT2D eigenvalue weighted by Crippen LogP contribution is -2.36. The van der Waals surface area contributed by atoms with Crippen LogP contribution in [0.15, 0.2) is 0 Å². The maximum atomic E-state index is 11.5. The smallest absolute Gasteiger partial charge is 0.231 e. The highest BCUT2D eigenvalue weighted by Crippen LogP contribution is 2.33. The minimum Gasteiger partial charge on any atom is -0.299 e. The van der Waals surface area contributed by atoms with E-state index in [1.54, 1.807) is 0 Å². The molecule has 2 aliphatic heterocycles. The molecule has 0 spiro atoms. The van der Waals surface area contributed by atoms with Gasteiger partial charge in [0.25, 0.3) is 0 Å². The summed E-state index contributed by atoms with van der Waals surface area (Å²) in [5, 5.41) is 2.43. The maximum Gasteiger partial charge on any atom is 0.231 e. The average molecular weight is 208 g/mol. The van der Waals surface area contributed by atoms with Crippen molar-refractivity contribution in [2.24, 2.45) is 11.8 Å². The molecule has 1 aliphatic carbocycles. The van der Waals surface area contributed by atoms with Crippen molar-refractivity contribution in [1.29, 1.82) is 0 Å². The molecular formula is C11H16N2O2. The number of carbonyl (C=O) groups is 2. The summed E-state index contributed by atoms with van der Waals surface area (Å²) in [6, 6.07) is 0.635. The molecule has 15 heavy (non-hydrogen) atoms. The predicted molar refractivity (Wildman–Crippen MR) is 54.0 cm³/mol. The van der Waals surface area contributed by atoms with E-state index < -0.39 is 0 Å². The molecule has 1 saturated carbocycles. The van der Waals surface area contributed by atoms with Crippen molar-refractivity contribution >= 4 is 11.8 Å². The summed E-state index contributed by atoms with van der Waals surface area (Å²) in [5.41, 5.74) is 0. The lowest BCUT2D eigenvalue weighted by atomic mass is 10.00. The van der Waals surface area contributed by atoms with Crippen LogP contribution in [0, 0.1) is 11.8 Å². The van der Waals surface area contributed by atoms with Gasteiger partial charge in [-0.15, -0.1) is 0 Å². The highest BCUT2D eigenvalue weighted by atomic mass is 16.2.